The molecule has 0 amide bonds. The molecule has 4 rings (SSSR count). The van der Waals surface area contributed by atoms with Crippen molar-refractivity contribution in [3.8, 4) is 11.4 Å². The van der Waals surface area contributed by atoms with Crippen LogP contribution in [0.5, 0.6) is 5.75 Å². The Morgan fingerprint density at radius 2 is 2.12 bits per heavy atom. The number of rotatable bonds is 3. The zero-order chi connectivity index (χ0) is 16.7. The Morgan fingerprint density at radius 1 is 1.25 bits per heavy atom. The van der Waals surface area contributed by atoms with Gasteiger partial charge in [-0.05, 0) is 36.2 Å². The Balaban J connectivity index is 1.69. The quantitative estimate of drug-likeness (QED) is 0.733. The van der Waals surface area contributed by atoms with Crippen molar-refractivity contribution in [3.05, 3.63) is 60.9 Å². The molecule has 5 heteroatoms. The molecule has 2 heterocycles. The fraction of sp³-hybridized carbons (Fsp3) is 0.211. The number of nitrogens with zero attached hydrogens (tertiary/aromatic N) is 3. The molecule has 1 N–H and O–H groups in total. The lowest BCUT2D eigenvalue weighted by Crippen LogP contribution is -2.18. The Hall–Kier alpha value is -2.46. The second-order valence-electron chi connectivity index (χ2n) is 6.12. The summed E-state index contributed by atoms with van der Waals surface area (Å²) in [5.74, 6) is 0.240. The number of alkyl halides is 1. The number of hydrogen-bond donors (Lipinski definition) is 1. The van der Waals surface area contributed by atoms with Gasteiger partial charge in [0.05, 0.1) is 22.1 Å². The standard InChI is InChI=1S/C19H18ClN3O/c1-13(22-8-7-15(20)11-22)14-5-6-19-18(9-14)21-12-23(19)16-3-2-4-17(24)10-16/h2-6,9-10,12,15,24H,1,7-8,11H2. The minimum absolute atomic E-state index is 0.204. The average Bonchev–Trinajstić information content (AvgIpc) is 3.19. The molecule has 0 saturated carbocycles. The molecule has 1 aliphatic rings. The van der Waals surface area contributed by atoms with E-state index in [4.69, 9.17) is 11.6 Å². The Labute approximate surface area is 145 Å². The number of likely N-dealkylation sites (tertiary alicyclic amines) is 1. The van der Waals surface area contributed by atoms with Gasteiger partial charge in [-0.25, -0.2) is 4.98 Å². The van der Waals surface area contributed by atoms with E-state index in [1.54, 1.807) is 18.5 Å². The van der Waals surface area contributed by atoms with Gasteiger partial charge in [0.15, 0.2) is 0 Å². The van der Waals surface area contributed by atoms with Crippen LogP contribution in [-0.2, 0) is 0 Å². The van der Waals surface area contributed by atoms with E-state index in [0.29, 0.717) is 0 Å². The third-order valence-electron chi connectivity index (χ3n) is 4.50. The highest BCUT2D eigenvalue weighted by molar-refractivity contribution is 6.21. The lowest BCUT2D eigenvalue weighted by molar-refractivity contribution is 0.475. The summed E-state index contributed by atoms with van der Waals surface area (Å²) in [5.41, 5.74) is 4.84. The van der Waals surface area contributed by atoms with Gasteiger partial charge in [-0.2, -0.15) is 0 Å². The van der Waals surface area contributed by atoms with Gasteiger partial charge in [-0.1, -0.05) is 18.7 Å². The number of phenols is 1. The molecule has 3 aromatic rings. The fourth-order valence-corrected chi connectivity index (χ4v) is 3.45. The van der Waals surface area contributed by atoms with Crippen LogP contribution in [0.4, 0.5) is 0 Å². The molecule has 0 bridgehead atoms. The van der Waals surface area contributed by atoms with Crippen molar-refractivity contribution in [3.63, 3.8) is 0 Å². The molecule has 24 heavy (non-hydrogen) atoms. The number of fused-ring (bicyclic) bond motifs is 1. The van der Waals surface area contributed by atoms with Gasteiger partial charge in [-0.15, -0.1) is 11.6 Å². The predicted octanol–water partition coefficient (Wildman–Crippen LogP) is 4.01. The molecular weight excluding hydrogens is 322 g/mol. The molecule has 1 atom stereocenters. The van der Waals surface area contributed by atoms with E-state index in [1.165, 1.54) is 0 Å². The van der Waals surface area contributed by atoms with Crippen LogP contribution in [0.1, 0.15) is 12.0 Å². The molecular formula is C19H18ClN3O. The third-order valence-corrected chi connectivity index (χ3v) is 4.86. The first-order valence-electron chi connectivity index (χ1n) is 7.96. The lowest BCUT2D eigenvalue weighted by atomic mass is 10.1. The Bertz CT molecular complexity index is 918. The van der Waals surface area contributed by atoms with Crippen molar-refractivity contribution in [2.24, 2.45) is 0 Å². The first-order valence-corrected chi connectivity index (χ1v) is 8.40. The number of halogens is 1. The summed E-state index contributed by atoms with van der Waals surface area (Å²) >= 11 is 6.20. The van der Waals surface area contributed by atoms with Gasteiger partial charge in [0.25, 0.3) is 0 Å². The summed E-state index contributed by atoms with van der Waals surface area (Å²) in [6.07, 6.45) is 2.77. The first kappa shape index (κ1) is 15.1. The largest absolute Gasteiger partial charge is 0.508 e. The molecule has 1 fully saturated rings. The topological polar surface area (TPSA) is 41.3 Å². The normalized spacial score (nSPS) is 17.5. The smallest absolute Gasteiger partial charge is 0.117 e. The van der Waals surface area contributed by atoms with Crippen LogP contribution in [0, 0.1) is 0 Å². The SMILES string of the molecule is C=C(c1ccc2c(c1)ncn2-c1cccc(O)c1)N1CCC(Cl)C1. The molecule has 2 aromatic carbocycles. The maximum Gasteiger partial charge on any atom is 0.117 e. The van der Waals surface area contributed by atoms with Crippen LogP contribution in [0.25, 0.3) is 22.4 Å². The van der Waals surface area contributed by atoms with Crippen LogP contribution in [0.15, 0.2) is 55.4 Å². The number of imidazole rings is 1. The van der Waals surface area contributed by atoms with E-state index in [0.717, 1.165) is 47.5 Å². The summed E-state index contributed by atoms with van der Waals surface area (Å²) in [6, 6.07) is 13.3. The van der Waals surface area contributed by atoms with E-state index < -0.39 is 0 Å². The maximum atomic E-state index is 9.68. The number of aromatic hydroxyl groups is 1. The van der Waals surface area contributed by atoms with Crippen LogP contribution in [0.3, 0.4) is 0 Å². The van der Waals surface area contributed by atoms with Gasteiger partial charge in [0.1, 0.15) is 12.1 Å². The minimum atomic E-state index is 0.204. The second-order valence-corrected chi connectivity index (χ2v) is 6.73. The third kappa shape index (κ3) is 2.63. The predicted molar refractivity (Wildman–Crippen MR) is 97.6 cm³/mol. The molecule has 1 unspecified atom stereocenters. The first-order chi connectivity index (χ1) is 11.6. The molecule has 4 nitrogen and oxygen atoms in total. The maximum absolute atomic E-state index is 9.68. The van der Waals surface area contributed by atoms with Gasteiger partial charge in [0, 0.05) is 24.9 Å². The number of hydrogen-bond acceptors (Lipinski definition) is 3. The van der Waals surface area contributed by atoms with Crippen molar-refractivity contribution in [1.82, 2.24) is 14.5 Å². The molecule has 0 radical (unpaired) electrons. The van der Waals surface area contributed by atoms with Crippen LogP contribution in [-0.4, -0.2) is 38.0 Å². The van der Waals surface area contributed by atoms with E-state index in [1.807, 2.05) is 22.8 Å². The molecule has 122 valence electrons. The average molecular weight is 340 g/mol. The van der Waals surface area contributed by atoms with E-state index in [9.17, 15) is 5.11 Å². The zero-order valence-corrected chi connectivity index (χ0v) is 13.9. The summed E-state index contributed by atoms with van der Waals surface area (Å²) in [6.45, 7) is 6.02. The van der Waals surface area contributed by atoms with Crippen molar-refractivity contribution in [2.45, 2.75) is 11.8 Å². The summed E-state index contributed by atoms with van der Waals surface area (Å²) in [5, 5.41) is 9.89. The Kier molecular flexibility index (Phi) is 3.69. The minimum Gasteiger partial charge on any atom is -0.508 e. The molecule has 0 aliphatic carbocycles. The molecule has 1 aromatic heterocycles. The zero-order valence-electron chi connectivity index (χ0n) is 13.2. The highest BCUT2D eigenvalue weighted by atomic mass is 35.5. The molecule has 0 spiro atoms. The van der Waals surface area contributed by atoms with Crippen molar-refractivity contribution < 1.29 is 5.11 Å². The number of benzene rings is 2. The van der Waals surface area contributed by atoms with Crippen molar-refractivity contribution >= 4 is 28.3 Å². The number of aromatic nitrogens is 2. The highest BCUT2D eigenvalue weighted by Gasteiger charge is 2.22. The van der Waals surface area contributed by atoms with Gasteiger partial charge < -0.3 is 10.0 Å². The lowest BCUT2D eigenvalue weighted by Gasteiger charge is -2.20. The van der Waals surface area contributed by atoms with E-state index in [2.05, 4.69) is 28.6 Å². The van der Waals surface area contributed by atoms with Crippen molar-refractivity contribution in [2.75, 3.05) is 13.1 Å². The number of phenolic OH excluding ortho intramolecular Hbond substituents is 1. The summed E-state index contributed by atoms with van der Waals surface area (Å²) < 4.78 is 1.96. The van der Waals surface area contributed by atoms with E-state index in [-0.39, 0.29) is 11.1 Å². The van der Waals surface area contributed by atoms with Crippen LogP contribution >= 0.6 is 11.6 Å². The molecule has 1 aliphatic heterocycles. The van der Waals surface area contributed by atoms with Crippen LogP contribution < -0.4 is 0 Å². The fourth-order valence-electron chi connectivity index (χ4n) is 3.19. The summed E-state index contributed by atoms with van der Waals surface area (Å²) in [7, 11) is 0. The van der Waals surface area contributed by atoms with Gasteiger partial charge >= 0.3 is 0 Å². The monoisotopic (exact) mass is 339 g/mol. The van der Waals surface area contributed by atoms with Gasteiger partial charge in [-0.3, -0.25) is 4.57 Å². The van der Waals surface area contributed by atoms with Crippen LogP contribution in [0.2, 0.25) is 0 Å². The molecule has 1 saturated heterocycles. The summed E-state index contributed by atoms with van der Waals surface area (Å²) in [4.78, 5) is 6.73. The van der Waals surface area contributed by atoms with Crippen molar-refractivity contribution in [1.29, 1.82) is 0 Å². The van der Waals surface area contributed by atoms with Gasteiger partial charge in [0.2, 0.25) is 0 Å². The van der Waals surface area contributed by atoms with E-state index >= 15 is 0 Å². The highest BCUT2D eigenvalue weighted by Crippen LogP contribution is 2.28. The Morgan fingerprint density at radius 3 is 2.88 bits per heavy atom. The second kappa shape index (κ2) is 5.87.